The van der Waals surface area contributed by atoms with Crippen LogP contribution in [-0.4, -0.2) is 30.2 Å². The van der Waals surface area contributed by atoms with Crippen molar-refractivity contribution in [2.24, 2.45) is 0 Å². The Hall–Kier alpha value is -4.63. The summed E-state index contributed by atoms with van der Waals surface area (Å²) in [6, 6.07) is 19.1. The standard InChI is InChI=1S/C28H23N3O3/c1-33-23-10-7-22(8-11-23)18-31-27-16-20(5-6-21-4-3-14-29-17-21)9-12-24(27)26-19-30-15-13-25(26)28(32)34-2/h3-4,7-17,19,31H,18H2,1-2H3. The highest BCUT2D eigenvalue weighted by Crippen LogP contribution is 2.32. The number of nitrogens with one attached hydrogen (secondary N) is 1. The average molecular weight is 450 g/mol. The lowest BCUT2D eigenvalue weighted by molar-refractivity contribution is 0.0601. The van der Waals surface area contributed by atoms with Crippen LogP contribution in [0.1, 0.15) is 27.0 Å². The molecule has 0 fully saturated rings. The van der Waals surface area contributed by atoms with Crippen molar-refractivity contribution in [3.63, 3.8) is 0 Å². The monoisotopic (exact) mass is 449 g/mol. The highest BCUT2D eigenvalue weighted by atomic mass is 16.5. The predicted molar refractivity (Wildman–Crippen MR) is 132 cm³/mol. The number of carbonyl (C=O) groups excluding carboxylic acids is 1. The first-order chi connectivity index (χ1) is 16.7. The molecule has 4 rings (SSSR count). The third-order valence-corrected chi connectivity index (χ3v) is 5.19. The molecule has 2 aromatic carbocycles. The minimum Gasteiger partial charge on any atom is -0.497 e. The first-order valence-electron chi connectivity index (χ1n) is 10.6. The second kappa shape index (κ2) is 10.8. The number of carbonyl (C=O) groups is 1. The summed E-state index contributed by atoms with van der Waals surface area (Å²) >= 11 is 0. The molecular weight excluding hydrogens is 426 g/mol. The van der Waals surface area contributed by atoms with E-state index >= 15 is 0 Å². The van der Waals surface area contributed by atoms with Crippen molar-refractivity contribution in [1.29, 1.82) is 0 Å². The van der Waals surface area contributed by atoms with Gasteiger partial charge in [-0.1, -0.05) is 30.0 Å². The fourth-order valence-electron chi connectivity index (χ4n) is 3.42. The molecule has 0 saturated carbocycles. The zero-order valence-electron chi connectivity index (χ0n) is 18.9. The van der Waals surface area contributed by atoms with Crippen LogP contribution in [0.25, 0.3) is 11.1 Å². The molecule has 0 aliphatic rings. The molecule has 0 aliphatic heterocycles. The summed E-state index contributed by atoms with van der Waals surface area (Å²) in [7, 11) is 3.01. The van der Waals surface area contributed by atoms with Crippen molar-refractivity contribution in [3.05, 3.63) is 108 Å². The Balaban J connectivity index is 1.72. The van der Waals surface area contributed by atoms with Crippen LogP contribution in [0.5, 0.6) is 5.75 Å². The largest absolute Gasteiger partial charge is 0.497 e. The number of anilines is 1. The number of nitrogens with zero attached hydrogens (tertiary/aromatic N) is 2. The number of aromatic nitrogens is 2. The van der Waals surface area contributed by atoms with Crippen LogP contribution in [0.2, 0.25) is 0 Å². The molecule has 34 heavy (non-hydrogen) atoms. The Kier molecular flexibility index (Phi) is 7.16. The lowest BCUT2D eigenvalue weighted by Gasteiger charge is -2.15. The average Bonchev–Trinajstić information content (AvgIpc) is 2.91. The summed E-state index contributed by atoms with van der Waals surface area (Å²) < 4.78 is 10.2. The molecular formula is C28H23N3O3. The van der Waals surface area contributed by atoms with Gasteiger partial charge in [0.2, 0.25) is 0 Å². The Labute approximate surface area is 198 Å². The molecule has 0 amide bonds. The number of hydrogen-bond donors (Lipinski definition) is 1. The van der Waals surface area contributed by atoms with Crippen molar-refractivity contribution in [3.8, 4) is 28.7 Å². The molecule has 0 atom stereocenters. The van der Waals surface area contributed by atoms with Gasteiger partial charge in [0, 0.05) is 59.3 Å². The Morgan fingerprint density at radius 3 is 2.41 bits per heavy atom. The van der Waals surface area contributed by atoms with Crippen LogP contribution in [0.3, 0.4) is 0 Å². The number of esters is 1. The summed E-state index contributed by atoms with van der Waals surface area (Å²) in [5, 5.41) is 3.49. The lowest BCUT2D eigenvalue weighted by Crippen LogP contribution is -2.06. The maximum Gasteiger partial charge on any atom is 0.338 e. The molecule has 0 aliphatic carbocycles. The van der Waals surface area contributed by atoms with Crippen LogP contribution in [0.4, 0.5) is 5.69 Å². The van der Waals surface area contributed by atoms with Crippen LogP contribution in [0, 0.1) is 11.8 Å². The first-order valence-corrected chi connectivity index (χ1v) is 10.6. The number of ether oxygens (including phenoxy) is 2. The quantitative estimate of drug-likeness (QED) is 0.332. The molecule has 0 saturated heterocycles. The van der Waals surface area contributed by atoms with E-state index in [9.17, 15) is 4.79 Å². The van der Waals surface area contributed by atoms with Gasteiger partial charge < -0.3 is 14.8 Å². The van der Waals surface area contributed by atoms with Crippen molar-refractivity contribution in [2.75, 3.05) is 19.5 Å². The van der Waals surface area contributed by atoms with Crippen LogP contribution < -0.4 is 10.1 Å². The van der Waals surface area contributed by atoms with Crippen LogP contribution >= 0.6 is 0 Å². The maximum atomic E-state index is 12.4. The topological polar surface area (TPSA) is 73.3 Å². The Bertz CT molecular complexity index is 1340. The second-order valence-electron chi connectivity index (χ2n) is 7.37. The number of methoxy groups -OCH3 is 2. The molecule has 0 radical (unpaired) electrons. The van der Waals surface area contributed by atoms with E-state index in [1.807, 2.05) is 54.6 Å². The van der Waals surface area contributed by atoms with Gasteiger partial charge >= 0.3 is 5.97 Å². The van der Waals surface area contributed by atoms with E-state index in [2.05, 4.69) is 27.1 Å². The van der Waals surface area contributed by atoms with Gasteiger partial charge in [-0.2, -0.15) is 0 Å². The Morgan fingerprint density at radius 2 is 1.68 bits per heavy atom. The highest BCUT2D eigenvalue weighted by molar-refractivity contribution is 5.99. The number of rotatable bonds is 6. The summed E-state index contributed by atoms with van der Waals surface area (Å²) in [4.78, 5) is 20.7. The first kappa shape index (κ1) is 22.6. The third kappa shape index (κ3) is 5.40. The number of hydrogen-bond acceptors (Lipinski definition) is 6. The predicted octanol–water partition coefficient (Wildman–Crippen LogP) is 4.95. The van der Waals surface area contributed by atoms with Gasteiger partial charge in [0.1, 0.15) is 5.75 Å². The van der Waals surface area contributed by atoms with E-state index in [0.717, 1.165) is 33.7 Å². The zero-order valence-corrected chi connectivity index (χ0v) is 18.9. The Morgan fingerprint density at radius 1 is 0.882 bits per heavy atom. The molecule has 1 N–H and O–H groups in total. The van der Waals surface area contributed by atoms with Crippen LogP contribution in [0.15, 0.2) is 85.5 Å². The third-order valence-electron chi connectivity index (χ3n) is 5.19. The normalized spacial score (nSPS) is 10.1. The number of pyridine rings is 2. The maximum absolute atomic E-state index is 12.4. The summed E-state index contributed by atoms with van der Waals surface area (Å²) in [6.45, 7) is 0.574. The number of benzene rings is 2. The van der Waals surface area contributed by atoms with E-state index in [-0.39, 0.29) is 0 Å². The molecule has 6 nitrogen and oxygen atoms in total. The lowest BCUT2D eigenvalue weighted by atomic mass is 9.98. The van der Waals surface area contributed by atoms with Gasteiger partial charge in [0.05, 0.1) is 19.8 Å². The fraction of sp³-hybridized carbons (Fsp3) is 0.107. The summed E-state index contributed by atoms with van der Waals surface area (Å²) in [5.41, 5.74) is 5.52. The molecule has 2 heterocycles. The van der Waals surface area contributed by atoms with Crippen molar-refractivity contribution < 1.29 is 14.3 Å². The van der Waals surface area contributed by atoms with E-state index in [4.69, 9.17) is 9.47 Å². The van der Waals surface area contributed by atoms with Gasteiger partial charge in [-0.15, -0.1) is 0 Å². The second-order valence-corrected chi connectivity index (χ2v) is 7.37. The van der Waals surface area contributed by atoms with Crippen molar-refractivity contribution in [2.45, 2.75) is 6.54 Å². The molecule has 4 aromatic rings. The van der Waals surface area contributed by atoms with E-state index in [1.165, 1.54) is 7.11 Å². The van der Waals surface area contributed by atoms with Crippen molar-refractivity contribution >= 4 is 11.7 Å². The zero-order chi connectivity index (χ0) is 23.8. The molecule has 2 aromatic heterocycles. The van der Waals surface area contributed by atoms with Gasteiger partial charge in [0.25, 0.3) is 0 Å². The minimum absolute atomic E-state index is 0.418. The summed E-state index contributed by atoms with van der Waals surface area (Å²) in [5.74, 6) is 6.70. The molecule has 0 unspecified atom stereocenters. The van der Waals surface area contributed by atoms with E-state index in [1.54, 1.807) is 38.0 Å². The molecule has 168 valence electrons. The fourth-order valence-corrected chi connectivity index (χ4v) is 3.42. The molecule has 6 heteroatoms. The highest BCUT2D eigenvalue weighted by Gasteiger charge is 2.16. The van der Waals surface area contributed by atoms with Gasteiger partial charge in [0.15, 0.2) is 0 Å². The van der Waals surface area contributed by atoms with E-state index in [0.29, 0.717) is 17.7 Å². The molecule has 0 spiro atoms. The smallest absolute Gasteiger partial charge is 0.338 e. The molecule has 0 bridgehead atoms. The van der Waals surface area contributed by atoms with Crippen molar-refractivity contribution in [1.82, 2.24) is 9.97 Å². The SMILES string of the molecule is COC(=O)c1ccncc1-c1ccc(C#Cc2cccnc2)cc1NCc1ccc(OC)cc1. The van der Waals surface area contributed by atoms with Gasteiger partial charge in [-0.3, -0.25) is 9.97 Å². The minimum atomic E-state index is -0.418. The van der Waals surface area contributed by atoms with E-state index < -0.39 is 5.97 Å². The van der Waals surface area contributed by atoms with Gasteiger partial charge in [-0.25, -0.2) is 4.79 Å². The van der Waals surface area contributed by atoms with Gasteiger partial charge in [-0.05, 0) is 48.0 Å². The van der Waals surface area contributed by atoms with Crippen LogP contribution in [-0.2, 0) is 11.3 Å². The summed E-state index contributed by atoms with van der Waals surface area (Å²) in [6.07, 6.45) is 6.69.